The Morgan fingerprint density at radius 3 is 2.73 bits per heavy atom. The van der Waals surface area contributed by atoms with Crippen molar-refractivity contribution in [2.24, 2.45) is 5.73 Å². The highest BCUT2D eigenvalue weighted by atomic mass is 79.9. The lowest BCUT2D eigenvalue weighted by Crippen LogP contribution is -2.40. The average Bonchev–Trinajstić information content (AvgIpc) is 2.61. The van der Waals surface area contributed by atoms with Crippen LogP contribution in [-0.4, -0.2) is 35.0 Å². The molecule has 1 amide bonds. The topological polar surface area (TPSA) is 84.1 Å². The number of aromatic nitrogens is 2. The van der Waals surface area contributed by atoms with E-state index in [0.29, 0.717) is 10.2 Å². The number of nitrogens with zero attached hydrogens (tertiary/aromatic N) is 3. The fraction of sp³-hybridized carbons (Fsp3) is 0.389. The van der Waals surface area contributed by atoms with Gasteiger partial charge in [-0.3, -0.25) is 4.79 Å². The van der Waals surface area contributed by atoms with Gasteiger partial charge >= 0.3 is 0 Å². The number of hydrogen-bond acceptors (Lipinski definition) is 5. The summed E-state index contributed by atoms with van der Waals surface area (Å²) in [6, 6.07) is 5.08. The molecule has 1 aliphatic heterocycles. The Balaban J connectivity index is 1.69. The van der Waals surface area contributed by atoms with Crippen molar-refractivity contribution in [1.82, 2.24) is 9.97 Å². The molecule has 0 radical (unpaired) electrons. The number of anilines is 2. The summed E-state index contributed by atoms with van der Waals surface area (Å²) in [5.41, 5.74) is 6.69. The zero-order valence-electron chi connectivity index (χ0n) is 14.5. The second-order valence-corrected chi connectivity index (χ2v) is 7.22. The first kappa shape index (κ1) is 18.6. The number of nitrogens with two attached hydrogens (primary N) is 1. The van der Waals surface area contributed by atoms with Crippen LogP contribution in [0.5, 0.6) is 0 Å². The lowest BCUT2D eigenvalue weighted by molar-refractivity contribution is 0.0997. The Bertz CT molecular complexity index is 808. The fourth-order valence-corrected chi connectivity index (χ4v) is 3.59. The molecular weight excluding hydrogens is 401 g/mol. The summed E-state index contributed by atoms with van der Waals surface area (Å²) in [6.45, 7) is 3.70. The molecule has 8 heteroatoms. The fourth-order valence-electron chi connectivity index (χ4n) is 3.16. The summed E-state index contributed by atoms with van der Waals surface area (Å²) in [5, 5.41) is 3.28. The van der Waals surface area contributed by atoms with Crippen LogP contribution in [0, 0.1) is 5.82 Å². The minimum Gasteiger partial charge on any atom is -0.381 e. The summed E-state index contributed by atoms with van der Waals surface area (Å²) >= 11 is 3.26. The lowest BCUT2D eigenvalue weighted by Gasteiger charge is -2.34. The first-order valence-corrected chi connectivity index (χ1v) is 9.38. The zero-order chi connectivity index (χ0) is 18.7. The van der Waals surface area contributed by atoms with Crippen LogP contribution in [0.3, 0.4) is 0 Å². The Kier molecular flexibility index (Phi) is 5.70. The van der Waals surface area contributed by atoms with Gasteiger partial charge in [0.25, 0.3) is 5.91 Å². The third kappa shape index (κ3) is 4.12. The van der Waals surface area contributed by atoms with E-state index < -0.39 is 11.7 Å². The summed E-state index contributed by atoms with van der Waals surface area (Å²) in [7, 11) is 0. The van der Waals surface area contributed by atoms with Crippen LogP contribution in [0.15, 0.2) is 29.0 Å². The van der Waals surface area contributed by atoms with Gasteiger partial charge in [0.2, 0.25) is 0 Å². The monoisotopic (exact) mass is 421 g/mol. The molecule has 0 saturated carbocycles. The first-order chi connectivity index (χ1) is 12.5. The van der Waals surface area contributed by atoms with E-state index in [2.05, 4.69) is 43.0 Å². The molecule has 0 atom stereocenters. The molecule has 26 heavy (non-hydrogen) atoms. The standard InChI is InChI=1S/C18H21BrFN5O/c1-2-12-9-16(23-10-22-12)25-5-3-13(4-6-25)24-15-8-11(19)7-14(20)17(15)18(21)26/h7-10,13,24H,2-6H2,1H3,(H2,21,26). The van der Waals surface area contributed by atoms with E-state index in [0.717, 1.165) is 43.9 Å². The summed E-state index contributed by atoms with van der Waals surface area (Å²) in [6.07, 6.45) is 4.16. The smallest absolute Gasteiger partial charge is 0.253 e. The summed E-state index contributed by atoms with van der Waals surface area (Å²) < 4.78 is 14.6. The second kappa shape index (κ2) is 7.99. The second-order valence-electron chi connectivity index (χ2n) is 6.30. The van der Waals surface area contributed by atoms with Crippen LogP contribution < -0.4 is 16.0 Å². The molecule has 0 unspecified atom stereocenters. The van der Waals surface area contributed by atoms with Gasteiger partial charge in [-0.25, -0.2) is 14.4 Å². The average molecular weight is 422 g/mol. The van der Waals surface area contributed by atoms with Crippen LogP contribution in [0.4, 0.5) is 15.9 Å². The highest BCUT2D eigenvalue weighted by Crippen LogP contribution is 2.27. The zero-order valence-corrected chi connectivity index (χ0v) is 16.1. The van der Waals surface area contributed by atoms with E-state index in [9.17, 15) is 9.18 Å². The number of amides is 1. The molecule has 0 aliphatic carbocycles. The van der Waals surface area contributed by atoms with E-state index >= 15 is 0 Å². The van der Waals surface area contributed by atoms with Crippen molar-refractivity contribution in [3.63, 3.8) is 0 Å². The Hall–Kier alpha value is -2.22. The van der Waals surface area contributed by atoms with Crippen molar-refractivity contribution in [3.05, 3.63) is 46.1 Å². The third-order valence-electron chi connectivity index (χ3n) is 4.55. The van der Waals surface area contributed by atoms with Crippen LogP contribution in [0.25, 0.3) is 0 Å². The normalized spacial score (nSPS) is 15.1. The van der Waals surface area contributed by atoms with Crippen molar-refractivity contribution in [3.8, 4) is 0 Å². The van der Waals surface area contributed by atoms with Gasteiger partial charge in [0.05, 0.1) is 11.3 Å². The number of carbonyl (C=O) groups is 1. The van der Waals surface area contributed by atoms with E-state index in [1.165, 1.54) is 6.07 Å². The van der Waals surface area contributed by atoms with Crippen LogP contribution in [-0.2, 0) is 6.42 Å². The maximum Gasteiger partial charge on any atom is 0.253 e. The van der Waals surface area contributed by atoms with Gasteiger partial charge < -0.3 is 16.0 Å². The predicted molar refractivity (Wildman–Crippen MR) is 103 cm³/mol. The number of primary amides is 1. The third-order valence-corrected chi connectivity index (χ3v) is 5.01. The van der Waals surface area contributed by atoms with Crippen molar-refractivity contribution < 1.29 is 9.18 Å². The van der Waals surface area contributed by atoms with Crippen LogP contribution in [0.2, 0.25) is 0 Å². The van der Waals surface area contributed by atoms with Crippen molar-refractivity contribution in [1.29, 1.82) is 0 Å². The number of carbonyl (C=O) groups excluding carboxylic acids is 1. The van der Waals surface area contributed by atoms with E-state index in [1.54, 1.807) is 12.4 Å². The molecule has 3 rings (SSSR count). The molecule has 2 heterocycles. The quantitative estimate of drug-likeness (QED) is 0.774. The number of nitrogens with one attached hydrogen (secondary N) is 1. The number of aryl methyl sites for hydroxylation is 1. The van der Waals surface area contributed by atoms with Gasteiger partial charge in [-0.1, -0.05) is 22.9 Å². The molecule has 1 aromatic carbocycles. The van der Waals surface area contributed by atoms with E-state index in [4.69, 9.17) is 5.73 Å². The van der Waals surface area contributed by atoms with Gasteiger partial charge in [0.15, 0.2) is 0 Å². The SMILES string of the molecule is CCc1cc(N2CCC(Nc3cc(Br)cc(F)c3C(N)=O)CC2)ncn1. The molecule has 6 nitrogen and oxygen atoms in total. The van der Waals surface area contributed by atoms with Crippen LogP contribution in [0.1, 0.15) is 35.8 Å². The molecule has 0 spiro atoms. The highest BCUT2D eigenvalue weighted by Gasteiger charge is 2.23. The van der Waals surface area contributed by atoms with Gasteiger partial charge in [0, 0.05) is 35.4 Å². The molecule has 2 aromatic rings. The van der Waals surface area contributed by atoms with Gasteiger partial charge in [-0.2, -0.15) is 0 Å². The number of benzene rings is 1. The highest BCUT2D eigenvalue weighted by molar-refractivity contribution is 9.10. The predicted octanol–water partition coefficient (Wildman–Crippen LogP) is 3.12. The number of piperidine rings is 1. The van der Waals surface area contributed by atoms with E-state index in [1.807, 2.05) is 6.07 Å². The molecule has 1 aliphatic rings. The van der Waals surface area contributed by atoms with Crippen molar-refractivity contribution >= 4 is 33.3 Å². The van der Waals surface area contributed by atoms with Crippen molar-refractivity contribution in [2.45, 2.75) is 32.2 Å². The number of rotatable bonds is 5. The molecule has 3 N–H and O–H groups in total. The maximum atomic E-state index is 14.1. The summed E-state index contributed by atoms with van der Waals surface area (Å²) in [5.74, 6) is -0.468. The van der Waals surface area contributed by atoms with E-state index in [-0.39, 0.29) is 11.6 Å². The van der Waals surface area contributed by atoms with Gasteiger partial charge in [-0.05, 0) is 31.4 Å². The Morgan fingerprint density at radius 2 is 2.08 bits per heavy atom. The largest absolute Gasteiger partial charge is 0.381 e. The minimum absolute atomic E-state index is 0.0981. The molecule has 0 bridgehead atoms. The van der Waals surface area contributed by atoms with Crippen LogP contribution >= 0.6 is 15.9 Å². The Morgan fingerprint density at radius 1 is 1.35 bits per heavy atom. The van der Waals surface area contributed by atoms with Gasteiger partial charge in [0.1, 0.15) is 18.0 Å². The summed E-state index contributed by atoms with van der Waals surface area (Å²) in [4.78, 5) is 22.4. The van der Waals surface area contributed by atoms with Crippen molar-refractivity contribution in [2.75, 3.05) is 23.3 Å². The molecule has 1 saturated heterocycles. The maximum absolute atomic E-state index is 14.1. The minimum atomic E-state index is -0.775. The molecule has 1 fully saturated rings. The molecule has 138 valence electrons. The lowest BCUT2D eigenvalue weighted by atomic mass is 10.0. The van der Waals surface area contributed by atoms with Gasteiger partial charge in [-0.15, -0.1) is 0 Å². The Labute approximate surface area is 160 Å². The molecular formula is C18H21BrFN5O. The molecule has 1 aromatic heterocycles. The number of hydrogen-bond donors (Lipinski definition) is 2. The number of halogens is 2. The first-order valence-electron chi connectivity index (χ1n) is 8.59.